The lowest BCUT2D eigenvalue weighted by Crippen LogP contribution is -1.93. The maximum atomic E-state index is 5.68. The maximum Gasteiger partial charge on any atom is 0.137 e. The molecular weight excluding hydrogens is 224 g/mol. The molecule has 0 aliphatic heterocycles. The van der Waals surface area contributed by atoms with Gasteiger partial charge < -0.3 is 9.72 Å². The van der Waals surface area contributed by atoms with Crippen molar-refractivity contribution >= 4 is 11.0 Å². The molecule has 0 fully saturated rings. The molecule has 0 atom stereocenters. The molecule has 1 aromatic carbocycles. The molecule has 18 heavy (non-hydrogen) atoms. The molecule has 2 heterocycles. The van der Waals surface area contributed by atoms with Crippen LogP contribution in [0.2, 0.25) is 0 Å². The van der Waals surface area contributed by atoms with Gasteiger partial charge in [-0.1, -0.05) is 18.2 Å². The van der Waals surface area contributed by atoms with E-state index in [2.05, 4.69) is 22.1 Å². The molecule has 0 unspecified atom stereocenters. The number of aromatic amines is 1. The van der Waals surface area contributed by atoms with Crippen LogP contribution in [0.4, 0.5) is 0 Å². The van der Waals surface area contributed by atoms with E-state index in [-0.39, 0.29) is 0 Å². The first kappa shape index (κ1) is 10.8. The molecule has 3 heteroatoms. The van der Waals surface area contributed by atoms with Crippen molar-refractivity contribution in [2.45, 2.75) is 6.92 Å². The Morgan fingerprint density at radius 1 is 1.11 bits per heavy atom. The first-order valence-electron chi connectivity index (χ1n) is 6.04. The third-order valence-electron chi connectivity index (χ3n) is 2.93. The van der Waals surface area contributed by atoms with Gasteiger partial charge in [0, 0.05) is 28.9 Å². The topological polar surface area (TPSA) is 37.9 Å². The monoisotopic (exact) mass is 238 g/mol. The van der Waals surface area contributed by atoms with Gasteiger partial charge in [-0.3, -0.25) is 0 Å². The molecule has 0 spiro atoms. The van der Waals surface area contributed by atoms with Gasteiger partial charge >= 0.3 is 0 Å². The van der Waals surface area contributed by atoms with Crippen LogP contribution in [0.25, 0.3) is 22.2 Å². The van der Waals surface area contributed by atoms with Gasteiger partial charge in [0.05, 0.1) is 6.61 Å². The number of hydrogen-bond donors (Lipinski definition) is 1. The van der Waals surface area contributed by atoms with Crippen molar-refractivity contribution in [3.8, 4) is 16.9 Å². The highest BCUT2D eigenvalue weighted by Crippen LogP contribution is 2.34. The van der Waals surface area contributed by atoms with E-state index in [0.29, 0.717) is 6.61 Å². The molecule has 3 rings (SSSR count). The zero-order valence-electron chi connectivity index (χ0n) is 10.2. The standard InChI is InChI=1S/C15H14N2O/c1-2-18-14-8-4-3-6-11(14)13-10-17-15-12(13)7-5-9-16-15/h3-10H,2H2,1H3,(H,16,17). The molecule has 3 aromatic rings. The summed E-state index contributed by atoms with van der Waals surface area (Å²) in [6.07, 6.45) is 3.77. The van der Waals surface area contributed by atoms with Crippen molar-refractivity contribution in [3.63, 3.8) is 0 Å². The molecule has 1 N–H and O–H groups in total. The highest BCUT2D eigenvalue weighted by Gasteiger charge is 2.10. The lowest BCUT2D eigenvalue weighted by atomic mass is 10.1. The Balaban J connectivity index is 2.20. The normalized spacial score (nSPS) is 10.7. The van der Waals surface area contributed by atoms with E-state index in [1.54, 1.807) is 6.20 Å². The quantitative estimate of drug-likeness (QED) is 0.756. The lowest BCUT2D eigenvalue weighted by Gasteiger charge is -2.08. The van der Waals surface area contributed by atoms with Crippen LogP contribution in [0.1, 0.15) is 6.92 Å². The molecule has 90 valence electrons. The predicted octanol–water partition coefficient (Wildman–Crippen LogP) is 3.63. The van der Waals surface area contributed by atoms with E-state index >= 15 is 0 Å². The molecule has 2 aromatic heterocycles. The third kappa shape index (κ3) is 1.74. The van der Waals surface area contributed by atoms with Crippen molar-refractivity contribution in [2.75, 3.05) is 6.61 Å². The summed E-state index contributed by atoms with van der Waals surface area (Å²) in [6.45, 7) is 2.66. The fourth-order valence-corrected chi connectivity index (χ4v) is 2.15. The minimum atomic E-state index is 0.664. The van der Waals surface area contributed by atoms with Gasteiger partial charge in [0.1, 0.15) is 11.4 Å². The summed E-state index contributed by atoms with van der Waals surface area (Å²) in [7, 11) is 0. The summed E-state index contributed by atoms with van der Waals surface area (Å²) in [5.74, 6) is 0.907. The molecule has 0 bridgehead atoms. The Kier molecular flexibility index (Phi) is 2.73. The first-order chi connectivity index (χ1) is 8.90. The number of H-pyrrole nitrogens is 1. The van der Waals surface area contributed by atoms with Crippen LogP contribution in [0, 0.1) is 0 Å². The Morgan fingerprint density at radius 2 is 2.00 bits per heavy atom. The van der Waals surface area contributed by atoms with Crippen LogP contribution in [0.15, 0.2) is 48.8 Å². The van der Waals surface area contributed by atoms with E-state index in [9.17, 15) is 0 Å². The van der Waals surface area contributed by atoms with Gasteiger partial charge in [0.15, 0.2) is 0 Å². The second kappa shape index (κ2) is 4.53. The van der Waals surface area contributed by atoms with Gasteiger partial charge in [-0.05, 0) is 25.1 Å². The minimum absolute atomic E-state index is 0.664. The number of nitrogens with one attached hydrogen (secondary N) is 1. The first-order valence-corrected chi connectivity index (χ1v) is 6.04. The molecule has 0 aliphatic rings. The van der Waals surface area contributed by atoms with Crippen molar-refractivity contribution in [3.05, 3.63) is 48.8 Å². The molecule has 3 nitrogen and oxygen atoms in total. The number of ether oxygens (including phenoxy) is 1. The summed E-state index contributed by atoms with van der Waals surface area (Å²) in [6, 6.07) is 12.1. The van der Waals surface area contributed by atoms with Gasteiger partial charge in [-0.15, -0.1) is 0 Å². The van der Waals surface area contributed by atoms with Crippen LogP contribution in [0.3, 0.4) is 0 Å². The van der Waals surface area contributed by atoms with Crippen LogP contribution in [0.5, 0.6) is 5.75 Å². The Labute approximate surface area is 105 Å². The van der Waals surface area contributed by atoms with E-state index in [4.69, 9.17) is 4.74 Å². The second-order valence-electron chi connectivity index (χ2n) is 4.03. The smallest absolute Gasteiger partial charge is 0.137 e. The molecule has 0 saturated carbocycles. The largest absolute Gasteiger partial charge is 0.493 e. The van der Waals surface area contributed by atoms with Crippen molar-refractivity contribution in [1.82, 2.24) is 9.97 Å². The van der Waals surface area contributed by atoms with E-state index in [1.807, 2.05) is 37.4 Å². The molecule has 0 radical (unpaired) electrons. The molecule has 0 saturated heterocycles. The summed E-state index contributed by atoms with van der Waals surface area (Å²) in [5, 5.41) is 1.12. The van der Waals surface area contributed by atoms with E-state index in [0.717, 1.165) is 27.9 Å². The molecular formula is C15H14N2O. The van der Waals surface area contributed by atoms with Crippen molar-refractivity contribution in [1.29, 1.82) is 0 Å². The van der Waals surface area contributed by atoms with E-state index in [1.165, 1.54) is 0 Å². The number of pyridine rings is 1. The summed E-state index contributed by atoms with van der Waals surface area (Å²) >= 11 is 0. The Morgan fingerprint density at radius 3 is 2.89 bits per heavy atom. The number of rotatable bonds is 3. The highest BCUT2D eigenvalue weighted by molar-refractivity contribution is 5.95. The number of para-hydroxylation sites is 1. The zero-order valence-corrected chi connectivity index (χ0v) is 10.2. The van der Waals surface area contributed by atoms with Crippen LogP contribution >= 0.6 is 0 Å². The van der Waals surface area contributed by atoms with Crippen LogP contribution in [-0.4, -0.2) is 16.6 Å². The number of hydrogen-bond acceptors (Lipinski definition) is 2. The van der Waals surface area contributed by atoms with Gasteiger partial charge in [0.2, 0.25) is 0 Å². The van der Waals surface area contributed by atoms with Crippen molar-refractivity contribution in [2.24, 2.45) is 0 Å². The summed E-state index contributed by atoms with van der Waals surface area (Å²) in [4.78, 5) is 7.50. The Hall–Kier alpha value is -2.29. The van der Waals surface area contributed by atoms with E-state index < -0.39 is 0 Å². The average molecular weight is 238 g/mol. The second-order valence-corrected chi connectivity index (χ2v) is 4.03. The van der Waals surface area contributed by atoms with Gasteiger partial charge in [0.25, 0.3) is 0 Å². The minimum Gasteiger partial charge on any atom is -0.493 e. The lowest BCUT2D eigenvalue weighted by molar-refractivity contribution is 0.341. The average Bonchev–Trinajstić information content (AvgIpc) is 2.84. The number of nitrogens with zero attached hydrogens (tertiary/aromatic N) is 1. The van der Waals surface area contributed by atoms with Gasteiger partial charge in [-0.2, -0.15) is 0 Å². The number of fused-ring (bicyclic) bond motifs is 1. The zero-order chi connectivity index (χ0) is 12.4. The van der Waals surface area contributed by atoms with Crippen molar-refractivity contribution < 1.29 is 4.74 Å². The highest BCUT2D eigenvalue weighted by atomic mass is 16.5. The fraction of sp³-hybridized carbons (Fsp3) is 0.133. The summed E-state index contributed by atoms with van der Waals surface area (Å²) in [5.41, 5.74) is 3.12. The summed E-state index contributed by atoms with van der Waals surface area (Å²) < 4.78 is 5.68. The third-order valence-corrected chi connectivity index (χ3v) is 2.93. The predicted molar refractivity (Wildman–Crippen MR) is 72.7 cm³/mol. The molecule has 0 aliphatic carbocycles. The fourth-order valence-electron chi connectivity index (χ4n) is 2.15. The maximum absolute atomic E-state index is 5.68. The SMILES string of the molecule is CCOc1ccccc1-c1c[nH]c2ncccc12. The Bertz CT molecular complexity index is 673. The number of aromatic nitrogens is 2. The van der Waals surface area contributed by atoms with Crippen LogP contribution < -0.4 is 4.74 Å². The number of benzene rings is 1. The van der Waals surface area contributed by atoms with Crippen LogP contribution in [-0.2, 0) is 0 Å². The molecule has 0 amide bonds. The van der Waals surface area contributed by atoms with Gasteiger partial charge in [-0.25, -0.2) is 4.98 Å².